The van der Waals surface area contributed by atoms with E-state index in [9.17, 15) is 8.42 Å². The Hall–Kier alpha value is -1.69. The molecule has 0 aliphatic rings. The minimum absolute atomic E-state index is 0.0169. The van der Waals surface area contributed by atoms with Gasteiger partial charge in [-0.25, -0.2) is 13.1 Å². The smallest absolute Gasteiger partial charge is 0.240 e. The molecule has 2 rings (SSSR count). The van der Waals surface area contributed by atoms with E-state index >= 15 is 0 Å². The summed E-state index contributed by atoms with van der Waals surface area (Å²) in [6.07, 6.45) is 0. The van der Waals surface area contributed by atoms with Crippen LogP contribution >= 0.6 is 0 Å². The Balaban J connectivity index is 2.20. The largest absolute Gasteiger partial charge is 0.301 e. The molecule has 0 heterocycles. The third-order valence-electron chi connectivity index (χ3n) is 3.89. The van der Waals surface area contributed by atoms with Crippen molar-refractivity contribution in [3.8, 4) is 0 Å². The van der Waals surface area contributed by atoms with Crippen LogP contribution in [0.2, 0.25) is 0 Å². The summed E-state index contributed by atoms with van der Waals surface area (Å²) in [5.74, 6) is 0. The van der Waals surface area contributed by atoms with Gasteiger partial charge in [-0.3, -0.25) is 0 Å². The fourth-order valence-electron chi connectivity index (χ4n) is 2.64. The molecule has 2 aromatic carbocycles. The first-order valence-electron chi connectivity index (χ1n) is 7.59. The van der Waals surface area contributed by atoms with Crippen LogP contribution in [-0.4, -0.2) is 34.0 Å². The standard InChI is InChI=1S/C18H24N2O2S/c1-14-10-11-18(15(2)12-14)23(21,22)19-13-17(20(3)4)16-8-6-5-7-9-16/h5-12,17,19H,13H2,1-4H3. The van der Waals surface area contributed by atoms with Crippen molar-refractivity contribution in [2.45, 2.75) is 24.8 Å². The summed E-state index contributed by atoms with van der Waals surface area (Å²) in [5.41, 5.74) is 2.90. The SMILES string of the molecule is Cc1ccc(S(=O)(=O)NCC(c2ccccc2)N(C)C)c(C)c1. The van der Waals surface area contributed by atoms with Gasteiger partial charge in [0, 0.05) is 12.6 Å². The quantitative estimate of drug-likeness (QED) is 0.885. The Kier molecular flexibility index (Phi) is 5.57. The second-order valence-electron chi connectivity index (χ2n) is 6.01. The molecular weight excluding hydrogens is 308 g/mol. The van der Waals surface area contributed by atoms with Crippen LogP contribution in [0.3, 0.4) is 0 Å². The topological polar surface area (TPSA) is 49.4 Å². The van der Waals surface area contributed by atoms with Crippen LogP contribution in [0, 0.1) is 13.8 Å². The lowest BCUT2D eigenvalue weighted by Gasteiger charge is -2.25. The zero-order chi connectivity index (χ0) is 17.0. The summed E-state index contributed by atoms with van der Waals surface area (Å²) < 4.78 is 27.9. The van der Waals surface area contributed by atoms with E-state index in [-0.39, 0.29) is 6.04 Å². The van der Waals surface area contributed by atoms with Gasteiger partial charge < -0.3 is 4.90 Å². The summed E-state index contributed by atoms with van der Waals surface area (Å²) in [7, 11) is 0.374. The number of sulfonamides is 1. The number of hydrogen-bond acceptors (Lipinski definition) is 3. The molecule has 0 spiro atoms. The van der Waals surface area contributed by atoms with Gasteiger partial charge in [0.2, 0.25) is 10.0 Å². The van der Waals surface area contributed by atoms with E-state index in [0.717, 1.165) is 16.7 Å². The molecule has 0 radical (unpaired) electrons. The van der Waals surface area contributed by atoms with Crippen LogP contribution < -0.4 is 4.72 Å². The monoisotopic (exact) mass is 332 g/mol. The molecule has 1 atom stereocenters. The van der Waals surface area contributed by atoms with Gasteiger partial charge >= 0.3 is 0 Å². The zero-order valence-electron chi connectivity index (χ0n) is 14.1. The van der Waals surface area contributed by atoms with Gasteiger partial charge in [0.05, 0.1) is 4.90 Å². The van der Waals surface area contributed by atoms with Crippen LogP contribution in [0.25, 0.3) is 0 Å². The van der Waals surface area contributed by atoms with E-state index in [1.807, 2.05) is 75.3 Å². The number of rotatable bonds is 6. The first-order chi connectivity index (χ1) is 10.8. The highest BCUT2D eigenvalue weighted by molar-refractivity contribution is 7.89. The van der Waals surface area contributed by atoms with Gasteiger partial charge in [-0.1, -0.05) is 48.0 Å². The fraction of sp³-hybridized carbons (Fsp3) is 0.333. The molecule has 0 aromatic heterocycles. The second kappa shape index (κ2) is 7.25. The summed E-state index contributed by atoms with van der Waals surface area (Å²) >= 11 is 0. The molecule has 0 amide bonds. The lowest BCUT2D eigenvalue weighted by molar-refractivity contribution is 0.299. The van der Waals surface area contributed by atoms with Crippen molar-refractivity contribution in [3.05, 3.63) is 65.2 Å². The van der Waals surface area contributed by atoms with Gasteiger partial charge in [-0.05, 0) is 45.1 Å². The molecule has 0 fully saturated rings. The van der Waals surface area contributed by atoms with Crippen LogP contribution in [0.4, 0.5) is 0 Å². The van der Waals surface area contributed by atoms with E-state index in [4.69, 9.17) is 0 Å². The minimum atomic E-state index is -3.52. The summed E-state index contributed by atoms with van der Waals surface area (Å²) in [6.45, 7) is 4.10. The molecule has 0 saturated carbocycles. The van der Waals surface area contributed by atoms with E-state index < -0.39 is 10.0 Å². The molecule has 0 bridgehead atoms. The number of nitrogens with one attached hydrogen (secondary N) is 1. The molecule has 0 saturated heterocycles. The predicted octanol–water partition coefficient (Wildman–Crippen LogP) is 2.88. The Labute approximate surface area is 139 Å². The number of hydrogen-bond donors (Lipinski definition) is 1. The van der Waals surface area contributed by atoms with Crippen molar-refractivity contribution >= 4 is 10.0 Å². The van der Waals surface area contributed by atoms with Crippen molar-refractivity contribution < 1.29 is 8.42 Å². The number of nitrogens with zero attached hydrogens (tertiary/aromatic N) is 1. The lowest BCUT2D eigenvalue weighted by Crippen LogP contribution is -2.34. The van der Waals surface area contributed by atoms with Crippen LogP contribution in [0.1, 0.15) is 22.7 Å². The molecule has 1 N–H and O–H groups in total. The number of aryl methyl sites for hydroxylation is 2. The van der Waals surface area contributed by atoms with E-state index in [1.54, 1.807) is 6.07 Å². The average molecular weight is 332 g/mol. The highest BCUT2D eigenvalue weighted by Crippen LogP contribution is 2.20. The molecule has 5 heteroatoms. The molecule has 124 valence electrons. The van der Waals surface area contributed by atoms with Gasteiger partial charge in [-0.2, -0.15) is 0 Å². The predicted molar refractivity (Wildman–Crippen MR) is 94.0 cm³/mol. The maximum atomic E-state index is 12.6. The molecule has 0 aliphatic carbocycles. The second-order valence-corrected chi connectivity index (χ2v) is 7.75. The van der Waals surface area contributed by atoms with Crippen molar-refractivity contribution in [1.82, 2.24) is 9.62 Å². The molecule has 1 unspecified atom stereocenters. The van der Waals surface area contributed by atoms with E-state index in [1.165, 1.54) is 0 Å². The fourth-order valence-corrected chi connectivity index (χ4v) is 3.90. The van der Waals surface area contributed by atoms with Crippen molar-refractivity contribution in [2.75, 3.05) is 20.6 Å². The molecular formula is C18H24N2O2S. The van der Waals surface area contributed by atoms with Crippen LogP contribution in [-0.2, 0) is 10.0 Å². The maximum absolute atomic E-state index is 12.6. The zero-order valence-corrected chi connectivity index (χ0v) is 14.9. The van der Waals surface area contributed by atoms with Gasteiger partial charge in [0.1, 0.15) is 0 Å². The first-order valence-corrected chi connectivity index (χ1v) is 9.08. The number of likely N-dealkylation sites (N-methyl/N-ethyl adjacent to an activating group) is 1. The number of benzene rings is 2. The highest BCUT2D eigenvalue weighted by atomic mass is 32.2. The van der Waals surface area contributed by atoms with E-state index in [0.29, 0.717) is 11.4 Å². The van der Waals surface area contributed by atoms with Crippen molar-refractivity contribution in [3.63, 3.8) is 0 Å². The molecule has 0 aliphatic heterocycles. The maximum Gasteiger partial charge on any atom is 0.240 e. The third-order valence-corrected chi connectivity index (χ3v) is 5.48. The van der Waals surface area contributed by atoms with Gasteiger partial charge in [0.25, 0.3) is 0 Å². The Morgan fingerprint density at radius 1 is 1.04 bits per heavy atom. The lowest BCUT2D eigenvalue weighted by atomic mass is 10.1. The van der Waals surface area contributed by atoms with Crippen LogP contribution in [0.15, 0.2) is 53.4 Å². The molecule has 2 aromatic rings. The van der Waals surface area contributed by atoms with Crippen LogP contribution in [0.5, 0.6) is 0 Å². The van der Waals surface area contributed by atoms with E-state index in [2.05, 4.69) is 4.72 Å². The Morgan fingerprint density at radius 2 is 1.70 bits per heavy atom. The minimum Gasteiger partial charge on any atom is -0.301 e. The first kappa shape index (κ1) is 17.7. The summed E-state index contributed by atoms with van der Waals surface area (Å²) in [6, 6.07) is 15.3. The highest BCUT2D eigenvalue weighted by Gasteiger charge is 2.20. The Morgan fingerprint density at radius 3 is 2.26 bits per heavy atom. The summed E-state index contributed by atoms with van der Waals surface area (Å²) in [4.78, 5) is 2.36. The van der Waals surface area contributed by atoms with Crippen molar-refractivity contribution in [2.24, 2.45) is 0 Å². The normalized spacial score (nSPS) is 13.3. The molecule has 4 nitrogen and oxygen atoms in total. The van der Waals surface area contributed by atoms with Crippen molar-refractivity contribution in [1.29, 1.82) is 0 Å². The summed E-state index contributed by atoms with van der Waals surface area (Å²) in [5, 5.41) is 0. The third kappa shape index (κ3) is 4.41. The average Bonchev–Trinajstić information content (AvgIpc) is 2.47. The molecule has 23 heavy (non-hydrogen) atoms. The Bertz CT molecular complexity index is 756. The van der Waals surface area contributed by atoms with Gasteiger partial charge in [0.15, 0.2) is 0 Å². The van der Waals surface area contributed by atoms with Gasteiger partial charge in [-0.15, -0.1) is 0 Å².